The lowest BCUT2D eigenvalue weighted by molar-refractivity contribution is 0.203. The second-order valence-electron chi connectivity index (χ2n) is 9.25. The molecule has 1 aromatic heterocycles. The van der Waals surface area contributed by atoms with Crippen LogP contribution in [0.5, 0.6) is 5.88 Å². The Bertz CT molecular complexity index is 1470. The number of aromatic nitrogens is 2. The summed E-state index contributed by atoms with van der Waals surface area (Å²) in [5.41, 5.74) is 6.92. The molecule has 1 aliphatic carbocycles. The summed E-state index contributed by atoms with van der Waals surface area (Å²) in [5, 5.41) is 17.9. The van der Waals surface area contributed by atoms with E-state index in [4.69, 9.17) is 20.9 Å². The van der Waals surface area contributed by atoms with Crippen molar-refractivity contribution in [2.75, 3.05) is 22.0 Å². The highest BCUT2D eigenvalue weighted by molar-refractivity contribution is 7.93. The molecular weight excluding hydrogens is 526 g/mol. The minimum atomic E-state index is -4.23. The number of nitrogens with zero attached hydrogens (tertiary/aromatic N) is 4. The number of rotatable bonds is 7. The minimum Gasteiger partial charge on any atom is -0.593 e. The van der Waals surface area contributed by atoms with Crippen molar-refractivity contribution in [3.8, 4) is 11.9 Å². The molecule has 2 unspecified atom stereocenters. The predicted molar refractivity (Wildman–Crippen MR) is 143 cm³/mol. The summed E-state index contributed by atoms with van der Waals surface area (Å²) in [6.45, 7) is 0.375. The van der Waals surface area contributed by atoms with E-state index in [2.05, 4.69) is 15.3 Å². The van der Waals surface area contributed by atoms with Crippen LogP contribution >= 0.6 is 0 Å². The summed E-state index contributed by atoms with van der Waals surface area (Å²) >= 11 is -1.77. The molecule has 1 fully saturated rings. The van der Waals surface area contributed by atoms with Crippen molar-refractivity contribution < 1.29 is 17.7 Å². The second kappa shape index (κ2) is 10.7. The average Bonchev–Trinajstić information content (AvgIpc) is 3.32. The zero-order chi connectivity index (χ0) is 26.9. The molecule has 0 bridgehead atoms. The van der Waals surface area contributed by atoms with E-state index in [0.717, 1.165) is 30.0 Å². The first-order chi connectivity index (χ1) is 18.3. The van der Waals surface area contributed by atoms with Gasteiger partial charge in [0.25, 0.3) is 10.0 Å². The van der Waals surface area contributed by atoms with Gasteiger partial charge in [-0.1, -0.05) is 31.4 Å². The van der Waals surface area contributed by atoms with Gasteiger partial charge in [-0.05, 0) is 49.1 Å². The highest BCUT2D eigenvalue weighted by Crippen LogP contribution is 2.48. The van der Waals surface area contributed by atoms with E-state index in [0.29, 0.717) is 28.5 Å². The van der Waals surface area contributed by atoms with Crippen LogP contribution in [0.2, 0.25) is 0 Å². The molecule has 1 aliphatic heterocycles. The van der Waals surface area contributed by atoms with E-state index in [-0.39, 0.29) is 28.2 Å². The Morgan fingerprint density at radius 3 is 2.58 bits per heavy atom. The zero-order valence-electron chi connectivity index (χ0n) is 20.4. The van der Waals surface area contributed by atoms with Crippen molar-refractivity contribution >= 4 is 38.8 Å². The molecule has 3 aromatic rings. The molecule has 2 heterocycles. The second-order valence-corrected chi connectivity index (χ2v) is 12.1. The molecule has 11 nitrogen and oxygen atoms in total. The van der Waals surface area contributed by atoms with Gasteiger partial charge in [0.05, 0.1) is 34.5 Å². The molecule has 0 radical (unpaired) electrons. The molecule has 2 atom stereocenters. The van der Waals surface area contributed by atoms with Crippen LogP contribution in [0.15, 0.2) is 58.3 Å². The van der Waals surface area contributed by atoms with Crippen LogP contribution in [-0.2, 0) is 21.4 Å². The fourth-order valence-corrected chi connectivity index (χ4v) is 6.85. The molecule has 2 aromatic carbocycles. The third-order valence-corrected chi connectivity index (χ3v) is 9.22. The molecule has 0 spiro atoms. The number of anilines is 3. The lowest BCUT2D eigenvalue weighted by Crippen LogP contribution is -2.35. The minimum absolute atomic E-state index is 0.0373. The van der Waals surface area contributed by atoms with Crippen LogP contribution in [0.3, 0.4) is 0 Å². The fraction of sp³-hybridized carbons (Fsp3) is 0.320. The van der Waals surface area contributed by atoms with Crippen LogP contribution in [0, 0.1) is 17.2 Å². The van der Waals surface area contributed by atoms with Gasteiger partial charge in [0, 0.05) is 11.6 Å². The smallest absolute Gasteiger partial charge is 0.266 e. The van der Waals surface area contributed by atoms with E-state index in [1.54, 1.807) is 24.3 Å². The van der Waals surface area contributed by atoms with Gasteiger partial charge >= 0.3 is 0 Å². The summed E-state index contributed by atoms with van der Waals surface area (Å²) in [5.74, 6) is 0.519. The van der Waals surface area contributed by atoms with E-state index in [9.17, 15) is 13.0 Å². The summed E-state index contributed by atoms with van der Waals surface area (Å²) in [7, 11) is -4.23. The van der Waals surface area contributed by atoms with E-state index in [1.807, 2.05) is 6.07 Å². The first kappa shape index (κ1) is 26.1. The Morgan fingerprint density at radius 2 is 1.89 bits per heavy atom. The third-order valence-electron chi connectivity index (χ3n) is 6.72. The van der Waals surface area contributed by atoms with Crippen LogP contribution in [0.25, 0.3) is 0 Å². The third kappa shape index (κ3) is 5.08. The maximum Gasteiger partial charge on any atom is 0.266 e. The Labute approximate surface area is 224 Å². The van der Waals surface area contributed by atoms with Crippen molar-refractivity contribution in [1.82, 2.24) is 9.97 Å². The standard InChI is InChI=1S/C25H27N7O4S2/c26-14-16-9-11-20(12-10-16)38(34,35)32-21-22(29-23(32)18-7-4-8-19(13-18)37(28)33)30-25(27)31-24(21)36-15-17-5-2-1-3-6-17/h4,7-13,17,23H,1-3,5-6,15,28H2,(H3,27,29,30,31). The Balaban J connectivity index is 1.61. The van der Waals surface area contributed by atoms with Gasteiger partial charge < -0.3 is 20.3 Å². The van der Waals surface area contributed by atoms with Crippen LogP contribution in [-0.4, -0.2) is 29.5 Å². The molecule has 0 amide bonds. The molecule has 1 saturated carbocycles. The van der Waals surface area contributed by atoms with Gasteiger partial charge in [0.15, 0.2) is 16.4 Å². The number of fused-ring (bicyclic) bond motifs is 1. The zero-order valence-corrected chi connectivity index (χ0v) is 22.0. The molecule has 198 valence electrons. The number of nitrogens with two attached hydrogens (primary N) is 2. The van der Waals surface area contributed by atoms with Crippen molar-refractivity contribution in [2.24, 2.45) is 11.1 Å². The first-order valence-corrected chi connectivity index (χ1v) is 14.8. The van der Waals surface area contributed by atoms with E-state index in [1.165, 1.54) is 30.7 Å². The number of nitriles is 1. The molecule has 5 N–H and O–H groups in total. The van der Waals surface area contributed by atoms with Gasteiger partial charge in [-0.15, -0.1) is 5.14 Å². The van der Waals surface area contributed by atoms with Crippen LogP contribution in [0.4, 0.5) is 17.5 Å². The molecule has 5 rings (SSSR count). The van der Waals surface area contributed by atoms with Gasteiger partial charge in [0.2, 0.25) is 11.8 Å². The first-order valence-electron chi connectivity index (χ1n) is 12.2. The average molecular weight is 554 g/mol. The number of hydrogen-bond acceptors (Lipinski definition) is 10. The number of sulfonamides is 1. The maximum atomic E-state index is 14.1. The molecule has 2 aliphatic rings. The molecular formula is C25H27N7O4S2. The van der Waals surface area contributed by atoms with Crippen molar-refractivity contribution in [1.29, 1.82) is 5.26 Å². The summed E-state index contributed by atoms with van der Waals surface area (Å²) < 4.78 is 47.5. The molecule has 38 heavy (non-hydrogen) atoms. The monoisotopic (exact) mass is 553 g/mol. The van der Waals surface area contributed by atoms with Gasteiger partial charge in [0.1, 0.15) is 6.17 Å². The highest BCUT2D eigenvalue weighted by Gasteiger charge is 2.44. The normalized spacial score (nSPS) is 18.3. The number of hydrogen-bond donors (Lipinski definition) is 3. The quantitative estimate of drug-likeness (QED) is 0.367. The Kier molecular flexibility index (Phi) is 7.31. The van der Waals surface area contributed by atoms with Crippen LogP contribution in [0.1, 0.15) is 49.4 Å². The van der Waals surface area contributed by atoms with Gasteiger partial charge in [-0.3, -0.25) is 0 Å². The molecule has 13 heteroatoms. The van der Waals surface area contributed by atoms with Gasteiger partial charge in [-0.2, -0.15) is 15.2 Å². The van der Waals surface area contributed by atoms with Crippen molar-refractivity contribution in [3.63, 3.8) is 0 Å². The Hall–Kier alpha value is -3.57. The predicted octanol–water partition coefficient (Wildman–Crippen LogP) is 3.19. The largest absolute Gasteiger partial charge is 0.593 e. The Morgan fingerprint density at radius 1 is 1.16 bits per heavy atom. The van der Waals surface area contributed by atoms with E-state index >= 15 is 0 Å². The summed E-state index contributed by atoms with van der Waals surface area (Å²) in [6, 6.07) is 14.1. The summed E-state index contributed by atoms with van der Waals surface area (Å²) in [6.07, 6.45) is 4.52. The lowest BCUT2D eigenvalue weighted by Gasteiger charge is -2.27. The topological polar surface area (TPSA) is 183 Å². The fourth-order valence-electron chi connectivity index (χ4n) is 4.82. The van der Waals surface area contributed by atoms with Crippen molar-refractivity contribution in [2.45, 2.75) is 48.1 Å². The van der Waals surface area contributed by atoms with Gasteiger partial charge in [-0.25, -0.2) is 12.7 Å². The number of benzene rings is 2. The summed E-state index contributed by atoms with van der Waals surface area (Å²) in [4.78, 5) is 8.84. The SMILES string of the molecule is N#Cc1ccc(S(=O)(=O)N2c3c(nc(N)nc3OCC3CCCCC3)NC2c2cccc([S+](N)[O-])c2)cc1. The number of ether oxygens (including phenoxy) is 1. The van der Waals surface area contributed by atoms with E-state index < -0.39 is 27.6 Å². The number of nitrogen functional groups attached to an aromatic ring is 1. The number of nitrogens with one attached hydrogen (secondary N) is 1. The molecule has 0 saturated heterocycles. The maximum absolute atomic E-state index is 14.1. The highest BCUT2D eigenvalue weighted by atomic mass is 32.2. The van der Waals surface area contributed by atoms with Crippen LogP contribution < -0.4 is 25.2 Å². The lowest BCUT2D eigenvalue weighted by atomic mass is 9.90. The van der Waals surface area contributed by atoms with Crippen molar-refractivity contribution in [3.05, 3.63) is 59.7 Å².